The molecule has 8 nitrogen and oxygen atoms in total. The third-order valence-electron chi connectivity index (χ3n) is 4.53. The summed E-state index contributed by atoms with van der Waals surface area (Å²) in [5.41, 5.74) is -4.48. The van der Waals surface area contributed by atoms with E-state index in [1.54, 1.807) is 6.26 Å². The Balaban J connectivity index is 1.79. The van der Waals surface area contributed by atoms with E-state index in [0.717, 1.165) is 33.7 Å². The van der Waals surface area contributed by atoms with Crippen molar-refractivity contribution >= 4 is 39.8 Å². The van der Waals surface area contributed by atoms with Gasteiger partial charge in [0.15, 0.2) is 16.8 Å². The number of rotatable bonds is 6. The number of thiazole rings is 1. The Bertz CT molecular complexity index is 1410. The van der Waals surface area contributed by atoms with Crippen molar-refractivity contribution in [1.29, 1.82) is 5.41 Å². The van der Waals surface area contributed by atoms with Crippen molar-refractivity contribution < 1.29 is 26.7 Å². The van der Waals surface area contributed by atoms with Crippen LogP contribution < -0.4 is 16.6 Å². The minimum Gasteiger partial charge on any atom is -0.304 e. The summed E-state index contributed by atoms with van der Waals surface area (Å²) in [5, 5.41) is 11.7. The van der Waals surface area contributed by atoms with Crippen LogP contribution in [0.4, 0.5) is 27.1 Å². The van der Waals surface area contributed by atoms with Crippen molar-refractivity contribution in [2.24, 2.45) is 7.05 Å². The first-order chi connectivity index (χ1) is 15.8. The van der Waals surface area contributed by atoms with Crippen molar-refractivity contribution in [3.8, 4) is 11.3 Å². The number of carbonyl (C=O) groups is 1. The molecule has 2 aromatic heterocycles. The second-order valence-electron chi connectivity index (χ2n) is 6.73. The highest BCUT2D eigenvalue weighted by atomic mass is 32.2. The van der Waals surface area contributed by atoms with Gasteiger partial charge in [-0.05, 0) is 18.4 Å². The first-order valence-corrected chi connectivity index (χ1v) is 11.2. The fourth-order valence-electron chi connectivity index (χ4n) is 2.85. The van der Waals surface area contributed by atoms with Gasteiger partial charge in [-0.3, -0.25) is 14.2 Å². The smallest absolute Gasteiger partial charge is 0.304 e. The molecule has 1 amide bonds. The van der Waals surface area contributed by atoms with Crippen LogP contribution in [0, 0.1) is 17.0 Å². The van der Waals surface area contributed by atoms with Gasteiger partial charge in [0, 0.05) is 18.0 Å². The number of halogens is 5. The molecule has 0 aliphatic rings. The maximum Gasteiger partial charge on any atom is 0.419 e. The lowest BCUT2D eigenvalue weighted by Crippen LogP contribution is -2.37. The average Bonchev–Trinajstić information content (AvgIpc) is 3.20. The van der Waals surface area contributed by atoms with Crippen molar-refractivity contribution in [2.75, 3.05) is 11.6 Å². The molecule has 0 aliphatic heterocycles. The number of thioether (sulfide) groups is 1. The zero-order chi connectivity index (χ0) is 25.4. The van der Waals surface area contributed by atoms with Crippen LogP contribution in [0.2, 0.25) is 0 Å². The van der Waals surface area contributed by atoms with E-state index < -0.39 is 52.5 Å². The van der Waals surface area contributed by atoms with Gasteiger partial charge >= 0.3 is 11.9 Å². The van der Waals surface area contributed by atoms with Crippen molar-refractivity contribution in [3.05, 3.63) is 61.1 Å². The summed E-state index contributed by atoms with van der Waals surface area (Å²) in [6, 6.07) is 1.12. The maximum absolute atomic E-state index is 14.2. The Hall–Kier alpha value is -3.33. The third-order valence-corrected chi connectivity index (χ3v) is 6.00. The molecule has 0 saturated heterocycles. The van der Waals surface area contributed by atoms with Crippen LogP contribution in [0.3, 0.4) is 0 Å². The van der Waals surface area contributed by atoms with Gasteiger partial charge in [-0.15, -0.1) is 23.1 Å². The lowest BCUT2D eigenvalue weighted by Gasteiger charge is -2.10. The SMILES string of the molecule is CSc1[nH]c(=O)n(C)c(=O)c1C(=N)CC(=O)Nc1nc(-c2ccc(C(F)(F)F)c(F)c2F)cs1. The first kappa shape index (κ1) is 25.3. The summed E-state index contributed by atoms with van der Waals surface area (Å²) >= 11 is 1.80. The molecule has 0 atom stereocenters. The number of nitrogens with one attached hydrogen (secondary N) is 3. The van der Waals surface area contributed by atoms with E-state index in [0.29, 0.717) is 6.07 Å². The number of carbonyl (C=O) groups excluding carboxylic acids is 1. The van der Waals surface area contributed by atoms with Gasteiger partial charge < -0.3 is 15.7 Å². The normalized spacial score (nSPS) is 11.5. The molecule has 1 aromatic carbocycles. The highest BCUT2D eigenvalue weighted by molar-refractivity contribution is 7.98. The topological polar surface area (TPSA) is 121 Å². The van der Waals surface area contributed by atoms with Gasteiger partial charge in [0.05, 0.1) is 34.0 Å². The number of amides is 1. The quantitative estimate of drug-likeness (QED) is 0.199. The number of nitrogens with zero attached hydrogens (tertiary/aromatic N) is 2. The Morgan fingerprint density at radius 2 is 1.94 bits per heavy atom. The number of hydrogen-bond donors (Lipinski definition) is 3. The summed E-state index contributed by atoms with van der Waals surface area (Å²) in [4.78, 5) is 42.8. The van der Waals surface area contributed by atoms with Crippen LogP contribution in [0.5, 0.6) is 0 Å². The Morgan fingerprint density at radius 1 is 1.26 bits per heavy atom. The minimum absolute atomic E-state index is 0.0908. The first-order valence-electron chi connectivity index (χ1n) is 9.11. The van der Waals surface area contributed by atoms with E-state index in [1.165, 1.54) is 12.4 Å². The van der Waals surface area contributed by atoms with Crippen molar-refractivity contribution in [3.63, 3.8) is 0 Å². The minimum atomic E-state index is -5.07. The lowest BCUT2D eigenvalue weighted by atomic mass is 10.1. The summed E-state index contributed by atoms with van der Waals surface area (Å²) < 4.78 is 67.0. The van der Waals surface area contributed by atoms with E-state index in [2.05, 4.69) is 15.3 Å². The second-order valence-corrected chi connectivity index (χ2v) is 8.40. The van der Waals surface area contributed by atoms with Gasteiger partial charge in [-0.1, -0.05) is 0 Å². The second kappa shape index (κ2) is 9.50. The molecule has 15 heteroatoms. The van der Waals surface area contributed by atoms with E-state index in [4.69, 9.17) is 5.41 Å². The Kier molecular flexibility index (Phi) is 7.07. The maximum atomic E-state index is 14.2. The van der Waals surface area contributed by atoms with Crippen LogP contribution in [0.15, 0.2) is 32.1 Å². The molecule has 34 heavy (non-hydrogen) atoms. The third kappa shape index (κ3) is 4.94. The van der Waals surface area contributed by atoms with Gasteiger partial charge in [0.25, 0.3) is 5.56 Å². The molecule has 0 bridgehead atoms. The monoisotopic (exact) mass is 519 g/mol. The number of alkyl halides is 3. The highest BCUT2D eigenvalue weighted by Crippen LogP contribution is 2.36. The van der Waals surface area contributed by atoms with Crippen LogP contribution in [0.1, 0.15) is 17.5 Å². The van der Waals surface area contributed by atoms with Crippen molar-refractivity contribution in [1.82, 2.24) is 14.5 Å². The number of hydrogen-bond acceptors (Lipinski definition) is 7. The largest absolute Gasteiger partial charge is 0.419 e. The highest BCUT2D eigenvalue weighted by Gasteiger charge is 2.36. The summed E-state index contributed by atoms with van der Waals surface area (Å²) in [5.74, 6) is -4.58. The number of benzene rings is 1. The zero-order valence-corrected chi connectivity index (χ0v) is 18.9. The molecule has 0 aliphatic carbocycles. The zero-order valence-electron chi connectivity index (χ0n) is 17.3. The molecule has 0 unspecified atom stereocenters. The number of anilines is 1. The van der Waals surface area contributed by atoms with Crippen LogP contribution >= 0.6 is 23.1 Å². The molecule has 0 spiro atoms. The molecule has 180 valence electrons. The van der Waals surface area contributed by atoms with Gasteiger partial charge in [0.2, 0.25) is 5.91 Å². The van der Waals surface area contributed by atoms with Gasteiger partial charge in [-0.25, -0.2) is 18.6 Å². The Morgan fingerprint density at radius 3 is 2.56 bits per heavy atom. The lowest BCUT2D eigenvalue weighted by molar-refractivity contribution is -0.140. The molecule has 2 heterocycles. The number of aromatic amines is 1. The average molecular weight is 519 g/mol. The van der Waals surface area contributed by atoms with Crippen LogP contribution in [-0.4, -0.2) is 32.4 Å². The Labute approximate surface area is 195 Å². The van der Waals surface area contributed by atoms with E-state index in [1.807, 2.05) is 0 Å². The molecular formula is C19H14F5N5O3S2. The van der Waals surface area contributed by atoms with Crippen LogP contribution in [-0.2, 0) is 18.0 Å². The fraction of sp³-hybridized carbons (Fsp3) is 0.211. The molecular weight excluding hydrogens is 505 g/mol. The molecule has 0 fully saturated rings. The summed E-state index contributed by atoms with van der Waals surface area (Å²) in [7, 11) is 1.21. The van der Waals surface area contributed by atoms with Crippen molar-refractivity contribution in [2.45, 2.75) is 17.6 Å². The predicted octanol–water partition coefficient (Wildman–Crippen LogP) is 3.61. The fourth-order valence-corrected chi connectivity index (χ4v) is 4.18. The van der Waals surface area contributed by atoms with Crippen LogP contribution in [0.25, 0.3) is 11.3 Å². The molecule has 3 rings (SSSR count). The van der Waals surface area contributed by atoms with E-state index in [-0.39, 0.29) is 27.1 Å². The van der Waals surface area contributed by atoms with E-state index >= 15 is 0 Å². The molecule has 3 aromatic rings. The van der Waals surface area contributed by atoms with Gasteiger partial charge in [0.1, 0.15) is 0 Å². The molecule has 0 radical (unpaired) electrons. The number of H-pyrrole nitrogens is 1. The summed E-state index contributed by atoms with van der Waals surface area (Å²) in [6.45, 7) is 0. The van der Waals surface area contributed by atoms with Gasteiger partial charge in [-0.2, -0.15) is 13.2 Å². The van der Waals surface area contributed by atoms with E-state index in [9.17, 15) is 36.3 Å². The summed E-state index contributed by atoms with van der Waals surface area (Å²) in [6.07, 6.45) is -4.08. The molecule has 0 saturated carbocycles. The number of aromatic nitrogens is 3. The molecule has 3 N–H and O–H groups in total. The predicted molar refractivity (Wildman–Crippen MR) is 117 cm³/mol. The standard InChI is InChI=1S/C19H14F5N5O3S2/c1-29-16(31)12(15(33-2)28-18(29)32)9(25)5-11(30)27-17-26-10(6-34-17)7-3-4-8(19(22,23)24)14(21)13(7)20/h3-4,6,25H,5H2,1-2H3,(H,28,32)(H,26,27,30).